The van der Waals surface area contributed by atoms with Gasteiger partial charge in [-0.2, -0.15) is 18.4 Å². The Morgan fingerprint density at radius 1 is 1.24 bits per heavy atom. The van der Waals surface area contributed by atoms with Gasteiger partial charge in [0, 0.05) is 0 Å². The van der Waals surface area contributed by atoms with E-state index in [1.54, 1.807) is 0 Å². The zero-order chi connectivity index (χ0) is 18.8. The van der Waals surface area contributed by atoms with Gasteiger partial charge in [0.15, 0.2) is 5.69 Å². The van der Waals surface area contributed by atoms with Crippen LogP contribution in [0.1, 0.15) is 5.56 Å². The van der Waals surface area contributed by atoms with Gasteiger partial charge in [0.05, 0.1) is 21.5 Å². The Morgan fingerprint density at radius 3 is 2.48 bits per heavy atom. The molecule has 0 aromatic heterocycles. The molecule has 0 N–H and O–H groups in total. The van der Waals surface area contributed by atoms with Gasteiger partial charge in [-0.25, -0.2) is 13.3 Å². The smallest absolute Gasteiger partial charge is 0.457 e. The van der Waals surface area contributed by atoms with Crippen molar-refractivity contribution in [2.45, 2.75) is 10.4 Å². The van der Waals surface area contributed by atoms with Crippen LogP contribution in [-0.2, 0) is 9.84 Å². The summed E-state index contributed by atoms with van der Waals surface area (Å²) in [4.78, 5) is 2.03. The molecular formula is C15H6BrF3N2O3S. The molecule has 2 aromatic rings. The first-order chi connectivity index (χ1) is 11.6. The van der Waals surface area contributed by atoms with E-state index in [1.807, 2.05) is 0 Å². The van der Waals surface area contributed by atoms with E-state index in [0.717, 1.165) is 6.07 Å². The molecule has 0 fully saturated rings. The number of hydrogen-bond acceptors (Lipinski definition) is 4. The summed E-state index contributed by atoms with van der Waals surface area (Å²) in [7, 11) is -5.69. The van der Waals surface area contributed by atoms with Crippen molar-refractivity contribution in [2.75, 3.05) is 0 Å². The summed E-state index contributed by atoms with van der Waals surface area (Å²) in [5, 5.41) is 9.09. The second kappa shape index (κ2) is 6.75. The Kier molecular flexibility index (Phi) is 5.07. The maximum atomic E-state index is 12.7. The predicted molar refractivity (Wildman–Crippen MR) is 84.9 cm³/mol. The van der Waals surface area contributed by atoms with Crippen LogP contribution >= 0.6 is 15.9 Å². The van der Waals surface area contributed by atoms with Gasteiger partial charge in [-0.3, -0.25) is 0 Å². The summed E-state index contributed by atoms with van der Waals surface area (Å²) in [6.45, 7) is 6.93. The molecule has 0 amide bonds. The minimum atomic E-state index is -5.69. The highest BCUT2D eigenvalue weighted by Gasteiger charge is 2.48. The number of rotatable bonds is 3. The number of nitriles is 1. The van der Waals surface area contributed by atoms with E-state index in [0.29, 0.717) is 6.07 Å². The fourth-order valence-corrected chi connectivity index (χ4v) is 3.37. The van der Waals surface area contributed by atoms with E-state index in [2.05, 4.69) is 20.8 Å². The molecule has 0 saturated heterocycles. The number of halogens is 4. The van der Waals surface area contributed by atoms with Gasteiger partial charge in [0.25, 0.3) is 9.84 Å². The Balaban J connectivity index is 2.55. The van der Waals surface area contributed by atoms with Gasteiger partial charge >= 0.3 is 5.51 Å². The first-order valence-corrected chi connectivity index (χ1v) is 8.58. The fraction of sp³-hybridized carbons (Fsp3) is 0.0667. The average Bonchev–Trinajstić information content (AvgIpc) is 2.55. The number of nitrogens with zero attached hydrogens (tertiary/aromatic N) is 2. The van der Waals surface area contributed by atoms with Crippen LogP contribution in [0.25, 0.3) is 4.85 Å². The van der Waals surface area contributed by atoms with Crippen LogP contribution in [0.4, 0.5) is 18.9 Å². The SMILES string of the molecule is [C-]#[N+]c1cccc(Oc2ccc(S(=O)(=O)C(F)(F)F)c(C#N)c2Br)c1. The second-order valence-electron chi connectivity index (χ2n) is 4.52. The quantitative estimate of drug-likeness (QED) is 0.645. The van der Waals surface area contributed by atoms with Crippen molar-refractivity contribution in [3.05, 3.63) is 57.9 Å². The van der Waals surface area contributed by atoms with Crippen molar-refractivity contribution in [3.8, 4) is 17.6 Å². The van der Waals surface area contributed by atoms with E-state index < -0.39 is 25.8 Å². The van der Waals surface area contributed by atoms with Crippen LogP contribution in [-0.4, -0.2) is 13.9 Å². The lowest BCUT2D eigenvalue weighted by molar-refractivity contribution is -0.0436. The molecule has 5 nitrogen and oxygen atoms in total. The van der Waals surface area contributed by atoms with Crippen LogP contribution in [0.5, 0.6) is 11.5 Å². The van der Waals surface area contributed by atoms with E-state index in [1.165, 1.54) is 30.3 Å². The van der Waals surface area contributed by atoms with Crippen LogP contribution in [0.3, 0.4) is 0 Å². The summed E-state index contributed by atoms with van der Waals surface area (Å²) in [6, 6.07) is 9.01. The minimum Gasteiger partial charge on any atom is -0.457 e. The third kappa shape index (κ3) is 3.60. The van der Waals surface area contributed by atoms with Crippen LogP contribution < -0.4 is 4.74 Å². The topological polar surface area (TPSA) is 71.5 Å². The largest absolute Gasteiger partial charge is 0.501 e. The maximum absolute atomic E-state index is 12.7. The second-order valence-corrected chi connectivity index (χ2v) is 7.23. The minimum absolute atomic E-state index is 0.0696. The van der Waals surface area contributed by atoms with Gasteiger partial charge in [-0.1, -0.05) is 12.1 Å². The number of alkyl halides is 3. The molecule has 10 heteroatoms. The van der Waals surface area contributed by atoms with Gasteiger partial charge in [-0.15, -0.1) is 0 Å². The lowest BCUT2D eigenvalue weighted by Gasteiger charge is -2.13. The fourth-order valence-electron chi connectivity index (χ4n) is 1.81. The van der Waals surface area contributed by atoms with Crippen molar-refractivity contribution in [1.29, 1.82) is 5.26 Å². The molecule has 0 spiro atoms. The molecule has 0 bridgehead atoms. The summed E-state index contributed by atoms with van der Waals surface area (Å²) in [6.07, 6.45) is 0. The monoisotopic (exact) mass is 430 g/mol. The number of hydrogen-bond donors (Lipinski definition) is 0. The third-order valence-electron chi connectivity index (χ3n) is 2.95. The van der Waals surface area contributed by atoms with Crippen molar-refractivity contribution >= 4 is 31.5 Å². The number of benzene rings is 2. The van der Waals surface area contributed by atoms with E-state index in [-0.39, 0.29) is 21.7 Å². The van der Waals surface area contributed by atoms with E-state index in [4.69, 9.17) is 16.6 Å². The molecule has 128 valence electrons. The van der Waals surface area contributed by atoms with Gasteiger partial charge in [0.2, 0.25) is 0 Å². The lowest BCUT2D eigenvalue weighted by Crippen LogP contribution is -2.24. The van der Waals surface area contributed by atoms with E-state index in [9.17, 15) is 21.6 Å². The molecule has 0 aliphatic carbocycles. The predicted octanol–water partition coefficient (Wildman–Crippen LogP) is 4.96. The van der Waals surface area contributed by atoms with Crippen LogP contribution in [0.2, 0.25) is 0 Å². The van der Waals surface area contributed by atoms with Crippen molar-refractivity contribution in [3.63, 3.8) is 0 Å². The zero-order valence-electron chi connectivity index (χ0n) is 12.0. The van der Waals surface area contributed by atoms with Crippen LogP contribution in [0, 0.1) is 17.9 Å². The first-order valence-electron chi connectivity index (χ1n) is 6.31. The molecule has 0 radical (unpaired) electrons. The highest BCUT2D eigenvalue weighted by molar-refractivity contribution is 9.10. The Labute approximate surface area is 149 Å². The summed E-state index contributed by atoms with van der Waals surface area (Å²) >= 11 is 2.90. The van der Waals surface area contributed by atoms with Gasteiger partial charge < -0.3 is 4.74 Å². The summed E-state index contributed by atoms with van der Waals surface area (Å²) in [5.74, 6) is 0.129. The molecule has 0 aliphatic rings. The Hall–Kier alpha value is -2.56. The third-order valence-corrected chi connectivity index (χ3v) is 5.26. The molecule has 25 heavy (non-hydrogen) atoms. The normalized spacial score (nSPS) is 11.4. The average molecular weight is 431 g/mol. The Bertz CT molecular complexity index is 1020. The summed E-state index contributed by atoms with van der Waals surface area (Å²) in [5.41, 5.74) is -5.99. The standard InChI is InChI=1S/C15H6BrF3N2O3S/c1-21-9-3-2-4-10(7-9)24-12-5-6-13(11(8-20)14(12)16)25(22,23)15(17,18)19/h2-7H. The molecule has 0 aliphatic heterocycles. The maximum Gasteiger partial charge on any atom is 0.501 e. The zero-order valence-corrected chi connectivity index (χ0v) is 14.4. The highest BCUT2D eigenvalue weighted by atomic mass is 79.9. The molecule has 2 aromatic carbocycles. The molecule has 2 rings (SSSR count). The molecule has 0 unspecified atom stereocenters. The molecular weight excluding hydrogens is 425 g/mol. The van der Waals surface area contributed by atoms with Crippen LogP contribution in [0.15, 0.2) is 45.8 Å². The van der Waals surface area contributed by atoms with Gasteiger partial charge in [-0.05, 0) is 40.2 Å². The lowest BCUT2D eigenvalue weighted by atomic mass is 10.2. The van der Waals surface area contributed by atoms with Crippen molar-refractivity contribution in [1.82, 2.24) is 0 Å². The highest BCUT2D eigenvalue weighted by Crippen LogP contribution is 2.39. The molecule has 0 heterocycles. The van der Waals surface area contributed by atoms with Gasteiger partial charge in [0.1, 0.15) is 17.6 Å². The summed E-state index contributed by atoms with van der Waals surface area (Å²) < 4.78 is 66.5. The molecule has 0 atom stereocenters. The van der Waals surface area contributed by atoms with E-state index >= 15 is 0 Å². The number of ether oxygens (including phenoxy) is 1. The molecule has 0 saturated carbocycles. The number of sulfone groups is 1. The first kappa shape index (κ1) is 18.8. The van der Waals surface area contributed by atoms with Crippen molar-refractivity contribution in [2.24, 2.45) is 0 Å². The van der Waals surface area contributed by atoms with Crippen molar-refractivity contribution < 1.29 is 26.3 Å². The Morgan fingerprint density at radius 2 is 1.92 bits per heavy atom.